The molecule has 1 aliphatic carbocycles. The van der Waals surface area contributed by atoms with Gasteiger partial charge < -0.3 is 0 Å². The topological polar surface area (TPSA) is 51.6 Å². The highest BCUT2D eigenvalue weighted by molar-refractivity contribution is 7.26. The molecular weight excluding hydrogens is 653 g/mol. The molecule has 6 aromatic carbocycles. The molecular formula is C47H32N4S. The summed E-state index contributed by atoms with van der Waals surface area (Å²) in [6.45, 7) is 4.52. The van der Waals surface area contributed by atoms with E-state index in [1.54, 1.807) is 0 Å². The van der Waals surface area contributed by atoms with Gasteiger partial charge in [-0.05, 0) is 99.8 Å². The molecule has 0 atom stereocenters. The van der Waals surface area contributed by atoms with Gasteiger partial charge in [-0.15, -0.1) is 21.5 Å². The molecule has 0 radical (unpaired) electrons. The smallest absolute Gasteiger partial charge is 0.107 e. The minimum atomic E-state index is 0.754. The summed E-state index contributed by atoms with van der Waals surface area (Å²) in [6, 6.07) is 49.5. The van der Waals surface area contributed by atoms with Crippen LogP contribution in [0.15, 0.2) is 146 Å². The van der Waals surface area contributed by atoms with E-state index in [9.17, 15) is 0 Å². The molecule has 9 aromatic rings. The predicted octanol–water partition coefficient (Wildman–Crippen LogP) is 12.2. The summed E-state index contributed by atoms with van der Waals surface area (Å²) in [5, 5.41) is 16.4. The number of hydrogen-bond donors (Lipinski definition) is 0. The van der Waals surface area contributed by atoms with E-state index in [-0.39, 0.29) is 0 Å². The molecule has 10 rings (SSSR count). The molecule has 246 valence electrons. The van der Waals surface area contributed by atoms with E-state index >= 15 is 0 Å². The molecule has 0 N–H and O–H groups in total. The number of rotatable bonds is 5. The fourth-order valence-corrected chi connectivity index (χ4v) is 9.26. The average Bonchev–Trinajstić information content (AvgIpc) is 3.77. The lowest BCUT2D eigenvalue weighted by atomic mass is 9.83. The maximum absolute atomic E-state index is 5.29. The van der Waals surface area contributed by atoms with Crippen LogP contribution in [0.3, 0.4) is 0 Å². The molecule has 0 bridgehead atoms. The average molecular weight is 685 g/mol. The monoisotopic (exact) mass is 684 g/mol. The minimum Gasteiger partial charge on any atom is -0.256 e. The number of pyridine rings is 1. The Morgan fingerprint density at radius 2 is 1.23 bits per heavy atom. The van der Waals surface area contributed by atoms with Gasteiger partial charge in [-0.2, -0.15) is 0 Å². The molecule has 4 nitrogen and oxygen atoms in total. The van der Waals surface area contributed by atoms with Gasteiger partial charge in [0.15, 0.2) is 0 Å². The quantitative estimate of drug-likeness (QED) is 0.181. The normalized spacial score (nSPS) is 12.0. The highest BCUT2D eigenvalue weighted by Crippen LogP contribution is 2.51. The van der Waals surface area contributed by atoms with Crippen LogP contribution >= 0.6 is 11.3 Å². The lowest BCUT2D eigenvalue weighted by Gasteiger charge is -2.21. The number of aromatic nitrogens is 4. The van der Waals surface area contributed by atoms with Crippen LogP contribution in [0.1, 0.15) is 22.3 Å². The van der Waals surface area contributed by atoms with Crippen molar-refractivity contribution >= 4 is 31.5 Å². The Labute approximate surface area is 306 Å². The second-order valence-corrected chi connectivity index (χ2v) is 14.6. The third-order valence-corrected chi connectivity index (χ3v) is 11.8. The molecule has 5 heteroatoms. The molecule has 0 aliphatic heterocycles. The molecule has 52 heavy (non-hydrogen) atoms. The molecule has 0 saturated carbocycles. The molecule has 0 fully saturated rings. The number of thiophene rings is 1. The van der Waals surface area contributed by atoms with E-state index in [0.717, 1.165) is 51.3 Å². The summed E-state index contributed by atoms with van der Waals surface area (Å²) >= 11 is 1.83. The van der Waals surface area contributed by atoms with Crippen LogP contribution in [-0.2, 0) is 6.42 Å². The van der Waals surface area contributed by atoms with Crippen molar-refractivity contribution in [3.05, 3.63) is 168 Å². The van der Waals surface area contributed by atoms with Crippen molar-refractivity contribution < 1.29 is 0 Å². The van der Waals surface area contributed by atoms with Gasteiger partial charge in [-0.1, -0.05) is 115 Å². The molecule has 0 amide bonds. The van der Waals surface area contributed by atoms with Gasteiger partial charge in [-0.3, -0.25) is 4.98 Å². The Morgan fingerprint density at radius 1 is 0.519 bits per heavy atom. The minimum absolute atomic E-state index is 0.754. The van der Waals surface area contributed by atoms with Gasteiger partial charge >= 0.3 is 0 Å². The van der Waals surface area contributed by atoms with Crippen LogP contribution < -0.4 is 0 Å². The van der Waals surface area contributed by atoms with Gasteiger partial charge in [0, 0.05) is 48.6 Å². The number of benzene rings is 6. The zero-order chi connectivity index (χ0) is 34.8. The second-order valence-electron chi connectivity index (χ2n) is 13.5. The molecule has 3 aromatic heterocycles. The van der Waals surface area contributed by atoms with Gasteiger partial charge in [0.05, 0.1) is 5.69 Å². The SMILES string of the molecule is Cc1cc2c(c(-c3ccc4sc5ccccc5c4c3-c3ncccc3-c3nnnc(-c4ccccc4)c3-c3ccccc3)c1C)Cc1ccccc1-2. The third-order valence-electron chi connectivity index (χ3n) is 10.6. The van der Waals surface area contributed by atoms with Crippen molar-refractivity contribution in [2.24, 2.45) is 0 Å². The van der Waals surface area contributed by atoms with Crippen LogP contribution in [0.2, 0.25) is 0 Å². The summed E-state index contributed by atoms with van der Waals surface area (Å²) in [4.78, 5) is 5.29. The largest absolute Gasteiger partial charge is 0.256 e. The van der Waals surface area contributed by atoms with Crippen molar-refractivity contribution in [3.63, 3.8) is 0 Å². The summed E-state index contributed by atoms with van der Waals surface area (Å²) in [7, 11) is 0. The lowest BCUT2D eigenvalue weighted by Crippen LogP contribution is -2.03. The molecule has 3 heterocycles. The van der Waals surface area contributed by atoms with E-state index in [0.29, 0.717) is 0 Å². The first-order valence-corrected chi connectivity index (χ1v) is 18.4. The van der Waals surface area contributed by atoms with E-state index in [1.165, 1.54) is 64.7 Å². The maximum Gasteiger partial charge on any atom is 0.107 e. The first kappa shape index (κ1) is 30.5. The van der Waals surface area contributed by atoms with Crippen molar-refractivity contribution in [2.45, 2.75) is 20.3 Å². The number of nitrogens with zero attached hydrogens (tertiary/aromatic N) is 4. The van der Waals surface area contributed by atoms with Crippen molar-refractivity contribution in [1.82, 2.24) is 20.4 Å². The number of aryl methyl sites for hydroxylation is 1. The van der Waals surface area contributed by atoms with Crippen molar-refractivity contribution in [3.8, 4) is 67.2 Å². The Balaban J connectivity index is 1.33. The lowest BCUT2D eigenvalue weighted by molar-refractivity contribution is 0.878. The Bertz CT molecular complexity index is 2840. The number of fused-ring (bicyclic) bond motifs is 6. The van der Waals surface area contributed by atoms with Crippen LogP contribution in [0.25, 0.3) is 87.3 Å². The highest BCUT2D eigenvalue weighted by Gasteiger charge is 2.29. The van der Waals surface area contributed by atoms with Crippen LogP contribution in [0.4, 0.5) is 0 Å². The summed E-state index contributed by atoms with van der Waals surface area (Å²) in [5.41, 5.74) is 17.9. The molecule has 0 saturated heterocycles. The first-order chi connectivity index (χ1) is 25.7. The molecule has 0 spiro atoms. The molecule has 0 unspecified atom stereocenters. The fourth-order valence-electron chi connectivity index (χ4n) is 8.14. The van der Waals surface area contributed by atoms with Crippen LogP contribution in [0, 0.1) is 13.8 Å². The van der Waals surface area contributed by atoms with E-state index in [2.05, 4.69) is 133 Å². The van der Waals surface area contributed by atoms with Gasteiger partial charge in [0.1, 0.15) is 11.4 Å². The summed E-state index contributed by atoms with van der Waals surface area (Å²) in [5.74, 6) is 0. The third kappa shape index (κ3) is 4.74. The first-order valence-electron chi connectivity index (χ1n) is 17.6. The molecule has 1 aliphatic rings. The fraction of sp³-hybridized carbons (Fsp3) is 0.0638. The van der Waals surface area contributed by atoms with Gasteiger partial charge in [-0.25, -0.2) is 0 Å². The van der Waals surface area contributed by atoms with Crippen LogP contribution in [0.5, 0.6) is 0 Å². The van der Waals surface area contributed by atoms with E-state index in [1.807, 2.05) is 47.9 Å². The van der Waals surface area contributed by atoms with Crippen molar-refractivity contribution in [1.29, 1.82) is 0 Å². The standard InChI is InChI=1S/C47H32N4S/c1-28-26-37-33-19-10-9-18-32(33)27-38(37)41(29(28)2)35-23-24-40-43(34-20-11-12-22-39(34)52-40)44(35)46-36(21-13-25-48-46)47-42(30-14-5-3-6-15-30)45(49-51-50-47)31-16-7-4-8-17-31/h3-26H,27H2,1-2H3. The maximum atomic E-state index is 5.29. The highest BCUT2D eigenvalue weighted by atomic mass is 32.1. The van der Waals surface area contributed by atoms with Gasteiger partial charge in [0.2, 0.25) is 0 Å². The zero-order valence-corrected chi connectivity index (χ0v) is 29.6. The Kier molecular flexibility index (Phi) is 7.15. The van der Waals surface area contributed by atoms with E-state index < -0.39 is 0 Å². The van der Waals surface area contributed by atoms with Crippen LogP contribution in [-0.4, -0.2) is 20.4 Å². The van der Waals surface area contributed by atoms with Gasteiger partial charge in [0.25, 0.3) is 0 Å². The Morgan fingerprint density at radius 3 is 2.08 bits per heavy atom. The second kappa shape index (κ2) is 12.2. The van der Waals surface area contributed by atoms with Crippen molar-refractivity contribution in [2.75, 3.05) is 0 Å². The summed E-state index contributed by atoms with van der Waals surface area (Å²) < 4.78 is 2.49. The number of hydrogen-bond acceptors (Lipinski definition) is 5. The predicted molar refractivity (Wildman–Crippen MR) is 215 cm³/mol. The Hall–Kier alpha value is -6.30. The summed E-state index contributed by atoms with van der Waals surface area (Å²) in [6.07, 6.45) is 2.81. The zero-order valence-electron chi connectivity index (χ0n) is 28.8. The van der Waals surface area contributed by atoms with E-state index in [4.69, 9.17) is 10.1 Å².